The summed E-state index contributed by atoms with van der Waals surface area (Å²) in [4.78, 5) is 9.66. The number of hydrogen-bond acceptors (Lipinski definition) is 4. The summed E-state index contributed by atoms with van der Waals surface area (Å²) in [6.45, 7) is 0. The molecule has 0 saturated heterocycles. The second-order valence-corrected chi connectivity index (χ2v) is 7.36. The third kappa shape index (κ3) is 3.18. The Bertz CT molecular complexity index is 1060. The molecule has 7 heteroatoms. The molecule has 0 fully saturated rings. The van der Waals surface area contributed by atoms with Gasteiger partial charge in [0, 0.05) is 16.0 Å². The average molecular weight is 407 g/mol. The van der Waals surface area contributed by atoms with Crippen LogP contribution >= 0.6 is 46.1 Å². The molecule has 0 spiro atoms. The van der Waals surface area contributed by atoms with Crippen molar-refractivity contribution in [3.05, 3.63) is 69.2 Å². The molecule has 25 heavy (non-hydrogen) atoms. The van der Waals surface area contributed by atoms with Gasteiger partial charge in [0.05, 0.1) is 21.1 Å². The second kappa shape index (κ2) is 6.81. The molecule has 3 nitrogen and oxygen atoms in total. The maximum atomic E-state index is 6.29. The van der Waals surface area contributed by atoms with Gasteiger partial charge >= 0.3 is 0 Å². The fraction of sp³-hybridized carbons (Fsp3) is 0. The van der Waals surface area contributed by atoms with Crippen molar-refractivity contribution < 1.29 is 0 Å². The van der Waals surface area contributed by atoms with Crippen LogP contribution in [-0.2, 0) is 0 Å². The van der Waals surface area contributed by atoms with Crippen molar-refractivity contribution in [3.8, 4) is 11.1 Å². The third-order valence-electron chi connectivity index (χ3n) is 3.73. The Labute approximate surface area is 163 Å². The molecule has 124 valence electrons. The standard InChI is InChI=1S/C18H10Cl3N3S/c19-11-6-4-10(5-7-11)12-8-25-18-15(12)17(22-9-23-18)24-14-3-1-2-13(20)16(14)21/h1-9H,(H,22,23,24). The normalized spacial score (nSPS) is 11.0. The van der Waals surface area contributed by atoms with E-state index in [4.69, 9.17) is 34.8 Å². The molecule has 0 saturated carbocycles. The van der Waals surface area contributed by atoms with Crippen LogP contribution in [0.15, 0.2) is 54.2 Å². The van der Waals surface area contributed by atoms with E-state index in [9.17, 15) is 0 Å². The number of fused-ring (bicyclic) bond motifs is 1. The highest BCUT2D eigenvalue weighted by Gasteiger charge is 2.14. The lowest BCUT2D eigenvalue weighted by Crippen LogP contribution is -1.96. The number of benzene rings is 2. The Kier molecular flexibility index (Phi) is 4.52. The van der Waals surface area contributed by atoms with Gasteiger partial charge in [-0.25, -0.2) is 9.97 Å². The molecule has 0 aliphatic rings. The van der Waals surface area contributed by atoms with Crippen molar-refractivity contribution in [1.82, 2.24) is 9.97 Å². The number of thiophene rings is 1. The first-order chi connectivity index (χ1) is 12.1. The highest BCUT2D eigenvalue weighted by molar-refractivity contribution is 7.17. The molecule has 0 atom stereocenters. The Morgan fingerprint density at radius 1 is 0.920 bits per heavy atom. The summed E-state index contributed by atoms with van der Waals surface area (Å²) in [5.41, 5.74) is 2.78. The van der Waals surface area contributed by atoms with Crippen molar-refractivity contribution >= 4 is 67.9 Å². The topological polar surface area (TPSA) is 37.8 Å². The number of anilines is 2. The van der Waals surface area contributed by atoms with E-state index in [1.165, 1.54) is 6.33 Å². The van der Waals surface area contributed by atoms with Gasteiger partial charge in [-0.05, 0) is 29.8 Å². The lowest BCUT2D eigenvalue weighted by atomic mass is 10.1. The summed E-state index contributed by atoms with van der Waals surface area (Å²) < 4.78 is 0. The summed E-state index contributed by atoms with van der Waals surface area (Å²) in [5, 5.41) is 7.92. The molecular formula is C18H10Cl3N3S. The van der Waals surface area contributed by atoms with E-state index in [2.05, 4.69) is 20.7 Å². The third-order valence-corrected chi connectivity index (χ3v) is 5.69. The molecule has 2 aromatic carbocycles. The summed E-state index contributed by atoms with van der Waals surface area (Å²) in [6, 6.07) is 13.1. The van der Waals surface area contributed by atoms with Crippen molar-refractivity contribution in [2.45, 2.75) is 0 Å². The minimum Gasteiger partial charge on any atom is -0.338 e. The molecule has 2 heterocycles. The molecule has 0 amide bonds. The number of nitrogens with one attached hydrogen (secondary N) is 1. The van der Waals surface area contributed by atoms with Gasteiger partial charge in [-0.15, -0.1) is 11.3 Å². The molecule has 1 N–H and O–H groups in total. The van der Waals surface area contributed by atoms with Gasteiger partial charge in [-0.2, -0.15) is 0 Å². The summed E-state index contributed by atoms with van der Waals surface area (Å²) in [6.07, 6.45) is 1.53. The van der Waals surface area contributed by atoms with E-state index in [-0.39, 0.29) is 0 Å². The zero-order valence-electron chi connectivity index (χ0n) is 12.6. The van der Waals surface area contributed by atoms with Crippen LogP contribution in [0, 0.1) is 0 Å². The number of halogens is 3. The molecule has 4 aromatic rings. The fourth-order valence-electron chi connectivity index (χ4n) is 2.54. The largest absolute Gasteiger partial charge is 0.338 e. The van der Waals surface area contributed by atoms with E-state index in [1.807, 2.05) is 36.4 Å². The Balaban J connectivity index is 1.86. The molecule has 0 bridgehead atoms. The molecular weight excluding hydrogens is 397 g/mol. The van der Waals surface area contributed by atoms with Crippen LogP contribution in [0.25, 0.3) is 21.3 Å². The molecule has 0 aliphatic carbocycles. The first-order valence-electron chi connectivity index (χ1n) is 7.32. The first-order valence-corrected chi connectivity index (χ1v) is 9.34. The smallest absolute Gasteiger partial charge is 0.143 e. The molecule has 0 radical (unpaired) electrons. The predicted octanol–water partition coefficient (Wildman–Crippen LogP) is 7.06. The highest BCUT2D eigenvalue weighted by atomic mass is 35.5. The van der Waals surface area contributed by atoms with E-state index >= 15 is 0 Å². The molecule has 4 rings (SSSR count). The predicted molar refractivity (Wildman–Crippen MR) is 108 cm³/mol. The van der Waals surface area contributed by atoms with Gasteiger partial charge in [-0.3, -0.25) is 0 Å². The molecule has 0 unspecified atom stereocenters. The van der Waals surface area contributed by atoms with Crippen LogP contribution in [-0.4, -0.2) is 9.97 Å². The van der Waals surface area contributed by atoms with Crippen molar-refractivity contribution in [2.75, 3.05) is 5.32 Å². The lowest BCUT2D eigenvalue weighted by molar-refractivity contribution is 1.23. The Morgan fingerprint density at radius 2 is 1.72 bits per heavy atom. The van der Waals surface area contributed by atoms with E-state index in [0.717, 1.165) is 21.3 Å². The van der Waals surface area contributed by atoms with E-state index in [1.54, 1.807) is 17.4 Å². The van der Waals surface area contributed by atoms with Crippen molar-refractivity contribution in [3.63, 3.8) is 0 Å². The van der Waals surface area contributed by atoms with Crippen LogP contribution in [0.2, 0.25) is 15.1 Å². The van der Waals surface area contributed by atoms with E-state index < -0.39 is 0 Å². The minimum atomic E-state index is 0.458. The quantitative estimate of drug-likeness (QED) is 0.395. The SMILES string of the molecule is Clc1ccc(-c2csc3ncnc(Nc4cccc(Cl)c4Cl)c23)cc1. The van der Waals surface area contributed by atoms with Gasteiger partial charge in [0.2, 0.25) is 0 Å². The van der Waals surface area contributed by atoms with Crippen LogP contribution in [0.5, 0.6) is 0 Å². The van der Waals surface area contributed by atoms with Gasteiger partial charge in [-0.1, -0.05) is 53.0 Å². The lowest BCUT2D eigenvalue weighted by Gasteiger charge is -2.10. The van der Waals surface area contributed by atoms with Crippen molar-refractivity contribution in [2.24, 2.45) is 0 Å². The van der Waals surface area contributed by atoms with Gasteiger partial charge in [0.1, 0.15) is 17.0 Å². The van der Waals surface area contributed by atoms with Crippen LogP contribution in [0.1, 0.15) is 0 Å². The van der Waals surface area contributed by atoms with Crippen LogP contribution in [0.3, 0.4) is 0 Å². The van der Waals surface area contributed by atoms with Crippen LogP contribution in [0.4, 0.5) is 11.5 Å². The van der Waals surface area contributed by atoms with Crippen molar-refractivity contribution in [1.29, 1.82) is 0 Å². The number of rotatable bonds is 3. The zero-order chi connectivity index (χ0) is 17.4. The average Bonchev–Trinajstić information content (AvgIpc) is 3.05. The summed E-state index contributed by atoms with van der Waals surface area (Å²) >= 11 is 20.0. The number of nitrogens with zero attached hydrogens (tertiary/aromatic N) is 2. The Hall–Kier alpha value is -1.85. The first kappa shape index (κ1) is 16.6. The monoisotopic (exact) mass is 405 g/mol. The minimum absolute atomic E-state index is 0.458. The van der Waals surface area contributed by atoms with Gasteiger partial charge in [0.25, 0.3) is 0 Å². The van der Waals surface area contributed by atoms with Crippen LogP contribution < -0.4 is 5.32 Å². The summed E-state index contributed by atoms with van der Waals surface area (Å²) in [7, 11) is 0. The zero-order valence-corrected chi connectivity index (χ0v) is 15.7. The second-order valence-electron chi connectivity index (χ2n) is 5.29. The maximum absolute atomic E-state index is 6.29. The number of aromatic nitrogens is 2. The highest BCUT2D eigenvalue weighted by Crippen LogP contribution is 2.39. The molecule has 2 aromatic heterocycles. The van der Waals surface area contributed by atoms with Gasteiger partial charge < -0.3 is 5.32 Å². The Morgan fingerprint density at radius 3 is 2.52 bits per heavy atom. The summed E-state index contributed by atoms with van der Waals surface area (Å²) in [5.74, 6) is 0.681. The van der Waals surface area contributed by atoms with Gasteiger partial charge in [0.15, 0.2) is 0 Å². The molecule has 0 aliphatic heterocycles. The maximum Gasteiger partial charge on any atom is 0.143 e. The fourth-order valence-corrected chi connectivity index (χ4v) is 3.93. The van der Waals surface area contributed by atoms with E-state index in [0.29, 0.717) is 26.6 Å². The number of hydrogen-bond donors (Lipinski definition) is 1.